The largest absolute Gasteiger partial charge is 0.480 e. The maximum absolute atomic E-state index is 13.4. The van der Waals surface area contributed by atoms with E-state index in [0.717, 1.165) is 17.0 Å². The molecule has 21 heavy (non-hydrogen) atoms. The molecule has 0 aromatic heterocycles. The minimum absolute atomic E-state index is 0.214. The van der Waals surface area contributed by atoms with E-state index in [9.17, 15) is 29.2 Å². The van der Waals surface area contributed by atoms with Gasteiger partial charge in [-0.25, -0.2) is 9.18 Å². The van der Waals surface area contributed by atoms with Crippen molar-refractivity contribution in [1.29, 1.82) is 0 Å². The van der Waals surface area contributed by atoms with Gasteiger partial charge in [-0.05, 0) is 25.8 Å². The molecule has 7 nitrogen and oxygen atoms in total. The number of nitro groups is 1. The minimum Gasteiger partial charge on any atom is -0.480 e. The Bertz CT molecular complexity index is 633. The predicted molar refractivity (Wildman–Crippen MR) is 69.4 cm³/mol. The van der Waals surface area contributed by atoms with E-state index in [2.05, 4.69) is 0 Å². The van der Waals surface area contributed by atoms with Gasteiger partial charge in [0.25, 0.3) is 11.6 Å². The van der Waals surface area contributed by atoms with Crippen LogP contribution >= 0.6 is 0 Å². The average Bonchev–Trinajstić information content (AvgIpc) is 2.80. The molecule has 1 aromatic carbocycles. The molecule has 1 N–H and O–H groups in total. The molecule has 1 unspecified atom stereocenters. The van der Waals surface area contributed by atoms with Crippen molar-refractivity contribution < 1.29 is 24.0 Å². The third-order valence-electron chi connectivity index (χ3n) is 3.69. The molecular weight excluding hydrogens is 283 g/mol. The molecule has 0 saturated carbocycles. The molecule has 1 aliphatic heterocycles. The van der Waals surface area contributed by atoms with Crippen LogP contribution < -0.4 is 0 Å². The Kier molecular flexibility index (Phi) is 3.63. The number of hydrogen-bond donors (Lipinski definition) is 1. The van der Waals surface area contributed by atoms with E-state index in [-0.39, 0.29) is 18.5 Å². The van der Waals surface area contributed by atoms with E-state index in [0.29, 0.717) is 12.5 Å². The molecule has 1 aromatic rings. The summed E-state index contributed by atoms with van der Waals surface area (Å²) in [5, 5.41) is 20.0. The third-order valence-corrected chi connectivity index (χ3v) is 3.69. The summed E-state index contributed by atoms with van der Waals surface area (Å²) >= 11 is 0. The molecule has 0 aliphatic carbocycles. The first-order valence-electron chi connectivity index (χ1n) is 6.26. The number of carboxylic acid groups (broad SMARTS) is 1. The lowest BCUT2D eigenvalue weighted by Crippen LogP contribution is -2.50. The fraction of sp³-hybridized carbons (Fsp3) is 0.385. The summed E-state index contributed by atoms with van der Waals surface area (Å²) in [6, 6.07) is 2.53. The molecule has 1 atom stereocenters. The highest BCUT2D eigenvalue weighted by atomic mass is 19.1. The number of nitrogens with zero attached hydrogens (tertiary/aromatic N) is 2. The van der Waals surface area contributed by atoms with E-state index < -0.39 is 33.8 Å². The van der Waals surface area contributed by atoms with Crippen molar-refractivity contribution in [3.63, 3.8) is 0 Å². The molecule has 0 radical (unpaired) electrons. The van der Waals surface area contributed by atoms with Gasteiger partial charge in [-0.3, -0.25) is 14.9 Å². The highest BCUT2D eigenvalue weighted by Gasteiger charge is 2.46. The van der Waals surface area contributed by atoms with Crippen LogP contribution in [0.1, 0.15) is 30.1 Å². The van der Waals surface area contributed by atoms with Gasteiger partial charge >= 0.3 is 5.97 Å². The van der Waals surface area contributed by atoms with Crippen LogP contribution in [-0.4, -0.2) is 38.9 Å². The summed E-state index contributed by atoms with van der Waals surface area (Å²) in [6.07, 6.45) is 0.789. The molecule has 1 amide bonds. The summed E-state index contributed by atoms with van der Waals surface area (Å²) in [5.74, 6) is -2.79. The number of amides is 1. The van der Waals surface area contributed by atoms with Crippen molar-refractivity contribution >= 4 is 17.6 Å². The van der Waals surface area contributed by atoms with Crippen LogP contribution in [0.25, 0.3) is 0 Å². The molecule has 2 rings (SSSR count). The van der Waals surface area contributed by atoms with Crippen molar-refractivity contribution in [2.24, 2.45) is 0 Å². The number of carbonyl (C=O) groups excluding carboxylic acids is 1. The SMILES string of the molecule is CC1(C(=O)O)CCCN1C(=O)c1cc(F)cc([N+](=O)[O-])c1. The van der Waals surface area contributed by atoms with Gasteiger partial charge in [-0.2, -0.15) is 0 Å². The minimum atomic E-state index is -1.38. The first-order valence-corrected chi connectivity index (χ1v) is 6.26. The third kappa shape index (κ3) is 2.56. The van der Waals surface area contributed by atoms with Crippen LogP contribution in [0.2, 0.25) is 0 Å². The monoisotopic (exact) mass is 296 g/mol. The van der Waals surface area contributed by atoms with Gasteiger partial charge < -0.3 is 10.0 Å². The first kappa shape index (κ1) is 14.9. The zero-order valence-corrected chi connectivity index (χ0v) is 11.2. The molecule has 0 spiro atoms. The van der Waals surface area contributed by atoms with Gasteiger partial charge in [-0.1, -0.05) is 0 Å². The fourth-order valence-electron chi connectivity index (χ4n) is 2.47. The van der Waals surface area contributed by atoms with Gasteiger partial charge in [0, 0.05) is 18.2 Å². The van der Waals surface area contributed by atoms with E-state index in [4.69, 9.17) is 0 Å². The summed E-state index contributed by atoms with van der Waals surface area (Å²) < 4.78 is 13.4. The van der Waals surface area contributed by atoms with Crippen LogP contribution in [0, 0.1) is 15.9 Å². The van der Waals surface area contributed by atoms with E-state index in [1.54, 1.807) is 0 Å². The maximum atomic E-state index is 13.4. The van der Waals surface area contributed by atoms with Crippen LogP contribution in [0.4, 0.5) is 10.1 Å². The number of aliphatic carboxylic acids is 1. The summed E-state index contributed by atoms with van der Waals surface area (Å²) in [6.45, 7) is 1.62. The summed E-state index contributed by atoms with van der Waals surface area (Å²) in [4.78, 5) is 34.7. The molecule has 1 fully saturated rings. The number of non-ortho nitro benzene ring substituents is 1. The van der Waals surface area contributed by atoms with Crippen molar-refractivity contribution in [1.82, 2.24) is 4.90 Å². The van der Waals surface area contributed by atoms with Crippen molar-refractivity contribution in [2.45, 2.75) is 25.3 Å². The van der Waals surface area contributed by atoms with Crippen molar-refractivity contribution in [2.75, 3.05) is 6.54 Å². The van der Waals surface area contributed by atoms with E-state index in [1.807, 2.05) is 0 Å². The van der Waals surface area contributed by atoms with Crippen molar-refractivity contribution in [3.8, 4) is 0 Å². The topological polar surface area (TPSA) is 101 Å². The molecular formula is C13H13FN2O5. The first-order chi connectivity index (χ1) is 9.75. The Balaban J connectivity index is 2.40. The second kappa shape index (κ2) is 5.12. The molecule has 1 aliphatic rings. The van der Waals surface area contributed by atoms with Gasteiger partial charge in [-0.15, -0.1) is 0 Å². The van der Waals surface area contributed by atoms with Crippen LogP contribution in [0.5, 0.6) is 0 Å². The smallest absolute Gasteiger partial charge is 0.329 e. The Hall–Kier alpha value is -2.51. The quantitative estimate of drug-likeness (QED) is 0.677. The molecule has 1 saturated heterocycles. The van der Waals surface area contributed by atoms with Crippen LogP contribution in [0.3, 0.4) is 0 Å². The number of hydrogen-bond acceptors (Lipinski definition) is 4. The number of nitro benzene ring substituents is 1. The second-order valence-corrected chi connectivity index (χ2v) is 5.09. The zero-order valence-electron chi connectivity index (χ0n) is 11.2. The van der Waals surface area contributed by atoms with Gasteiger partial charge in [0.15, 0.2) is 0 Å². The number of likely N-dealkylation sites (tertiary alicyclic amines) is 1. The number of benzene rings is 1. The van der Waals surface area contributed by atoms with E-state index in [1.165, 1.54) is 6.92 Å². The molecule has 8 heteroatoms. The number of carboxylic acids is 1. The highest BCUT2D eigenvalue weighted by Crippen LogP contribution is 2.31. The number of rotatable bonds is 3. The van der Waals surface area contributed by atoms with Gasteiger partial charge in [0.05, 0.1) is 11.0 Å². The maximum Gasteiger partial charge on any atom is 0.329 e. The molecule has 0 bridgehead atoms. The molecule has 112 valence electrons. The lowest BCUT2D eigenvalue weighted by molar-refractivity contribution is -0.385. The molecule has 1 heterocycles. The summed E-state index contributed by atoms with van der Waals surface area (Å²) in [7, 11) is 0. The lowest BCUT2D eigenvalue weighted by Gasteiger charge is -2.31. The Morgan fingerprint density at radius 1 is 1.43 bits per heavy atom. The zero-order chi connectivity index (χ0) is 15.8. The number of halogens is 1. The fourth-order valence-corrected chi connectivity index (χ4v) is 2.47. The summed E-state index contributed by atoms with van der Waals surface area (Å²) in [5.41, 5.74) is -2.15. The Morgan fingerprint density at radius 2 is 2.10 bits per heavy atom. The highest BCUT2D eigenvalue weighted by molar-refractivity contribution is 5.98. The Labute approximate surface area is 119 Å². The standard InChI is InChI=1S/C13H13FN2O5/c1-13(12(18)19)3-2-4-15(13)11(17)8-5-9(14)7-10(6-8)16(20)21/h5-7H,2-4H2,1H3,(H,18,19). The Morgan fingerprint density at radius 3 is 2.67 bits per heavy atom. The van der Waals surface area contributed by atoms with E-state index >= 15 is 0 Å². The van der Waals surface area contributed by atoms with Crippen LogP contribution in [0.15, 0.2) is 18.2 Å². The predicted octanol–water partition coefficient (Wildman–Crippen LogP) is 1.81. The van der Waals surface area contributed by atoms with Gasteiger partial charge in [0.2, 0.25) is 0 Å². The lowest BCUT2D eigenvalue weighted by atomic mass is 9.98. The van der Waals surface area contributed by atoms with Crippen LogP contribution in [-0.2, 0) is 4.79 Å². The average molecular weight is 296 g/mol. The normalized spacial score (nSPS) is 21.3. The van der Waals surface area contributed by atoms with Gasteiger partial charge in [0.1, 0.15) is 11.4 Å². The number of carbonyl (C=O) groups is 2. The van der Waals surface area contributed by atoms with Crippen molar-refractivity contribution in [3.05, 3.63) is 39.7 Å². The second-order valence-electron chi connectivity index (χ2n) is 5.09.